The van der Waals surface area contributed by atoms with E-state index in [0.29, 0.717) is 0 Å². The minimum absolute atomic E-state index is 0.243. The average Bonchev–Trinajstić information content (AvgIpc) is 2.78. The highest BCUT2D eigenvalue weighted by atomic mass is 19.1. The lowest BCUT2D eigenvalue weighted by Crippen LogP contribution is -2.07. The van der Waals surface area contributed by atoms with Crippen molar-refractivity contribution in [3.63, 3.8) is 0 Å². The SMILES string of the molecule is Fc1ccc(-n2nc(-c3cccnc3)c3c2NCCCC3)cc1. The number of nitrogens with zero attached hydrogens (tertiary/aromatic N) is 3. The molecule has 0 aliphatic carbocycles. The second kappa shape index (κ2) is 5.83. The number of anilines is 1. The Kier molecular flexibility index (Phi) is 3.54. The molecule has 1 N–H and O–H groups in total. The van der Waals surface area contributed by atoms with Crippen LogP contribution < -0.4 is 5.32 Å². The van der Waals surface area contributed by atoms with Crippen molar-refractivity contribution in [1.29, 1.82) is 0 Å². The van der Waals surface area contributed by atoms with Crippen molar-refractivity contribution in [2.75, 3.05) is 11.9 Å². The molecule has 116 valence electrons. The van der Waals surface area contributed by atoms with Crippen LogP contribution in [-0.4, -0.2) is 21.3 Å². The van der Waals surface area contributed by atoms with Crippen LogP contribution in [0.15, 0.2) is 48.8 Å². The fourth-order valence-corrected chi connectivity index (χ4v) is 3.01. The summed E-state index contributed by atoms with van der Waals surface area (Å²) in [5.41, 5.74) is 4.02. The number of halogens is 1. The molecule has 1 aliphatic heterocycles. The molecule has 23 heavy (non-hydrogen) atoms. The highest BCUT2D eigenvalue weighted by molar-refractivity contribution is 5.70. The summed E-state index contributed by atoms with van der Waals surface area (Å²) in [5, 5.41) is 8.28. The third-order valence-corrected chi connectivity index (χ3v) is 4.14. The molecule has 0 fully saturated rings. The fraction of sp³-hybridized carbons (Fsp3) is 0.222. The topological polar surface area (TPSA) is 42.7 Å². The first kappa shape index (κ1) is 13.9. The van der Waals surface area contributed by atoms with Gasteiger partial charge >= 0.3 is 0 Å². The first-order chi connectivity index (χ1) is 11.3. The van der Waals surface area contributed by atoms with Gasteiger partial charge in [0, 0.05) is 30.1 Å². The molecule has 0 saturated heterocycles. The van der Waals surface area contributed by atoms with Crippen LogP contribution in [-0.2, 0) is 6.42 Å². The summed E-state index contributed by atoms with van der Waals surface area (Å²) in [7, 11) is 0. The Morgan fingerprint density at radius 2 is 1.96 bits per heavy atom. The number of aromatic nitrogens is 3. The Labute approximate surface area is 134 Å². The molecule has 4 nitrogen and oxygen atoms in total. The summed E-state index contributed by atoms with van der Waals surface area (Å²) in [6.07, 6.45) is 6.83. The number of hydrogen-bond donors (Lipinski definition) is 1. The molecule has 0 amide bonds. The van der Waals surface area contributed by atoms with Gasteiger partial charge in [-0.05, 0) is 55.7 Å². The van der Waals surface area contributed by atoms with E-state index in [-0.39, 0.29) is 5.82 Å². The van der Waals surface area contributed by atoms with Gasteiger partial charge < -0.3 is 5.32 Å². The van der Waals surface area contributed by atoms with E-state index < -0.39 is 0 Å². The van der Waals surface area contributed by atoms with Crippen LogP contribution in [0.3, 0.4) is 0 Å². The number of pyridine rings is 1. The molecule has 4 rings (SSSR count). The third-order valence-electron chi connectivity index (χ3n) is 4.14. The predicted octanol–water partition coefficient (Wildman–Crippen LogP) is 3.82. The number of benzene rings is 1. The predicted molar refractivity (Wildman–Crippen MR) is 88.2 cm³/mol. The maximum absolute atomic E-state index is 13.2. The van der Waals surface area contributed by atoms with E-state index in [4.69, 9.17) is 5.10 Å². The maximum Gasteiger partial charge on any atom is 0.133 e. The minimum Gasteiger partial charge on any atom is -0.370 e. The monoisotopic (exact) mass is 308 g/mol. The maximum atomic E-state index is 13.2. The van der Waals surface area contributed by atoms with Gasteiger partial charge in [-0.2, -0.15) is 5.10 Å². The van der Waals surface area contributed by atoms with Crippen molar-refractivity contribution in [3.05, 3.63) is 60.2 Å². The first-order valence-electron chi connectivity index (χ1n) is 7.85. The largest absolute Gasteiger partial charge is 0.370 e. The van der Waals surface area contributed by atoms with E-state index in [1.165, 1.54) is 17.7 Å². The fourth-order valence-electron chi connectivity index (χ4n) is 3.01. The van der Waals surface area contributed by atoms with Gasteiger partial charge in [-0.25, -0.2) is 9.07 Å². The van der Waals surface area contributed by atoms with Gasteiger partial charge in [0.25, 0.3) is 0 Å². The van der Waals surface area contributed by atoms with E-state index >= 15 is 0 Å². The molecule has 1 aliphatic rings. The van der Waals surface area contributed by atoms with Crippen molar-refractivity contribution in [2.45, 2.75) is 19.3 Å². The zero-order valence-electron chi connectivity index (χ0n) is 12.7. The van der Waals surface area contributed by atoms with E-state index in [0.717, 1.165) is 48.6 Å². The third kappa shape index (κ3) is 2.59. The Morgan fingerprint density at radius 1 is 1.09 bits per heavy atom. The van der Waals surface area contributed by atoms with Gasteiger partial charge in [0.1, 0.15) is 11.6 Å². The summed E-state index contributed by atoms with van der Waals surface area (Å²) < 4.78 is 15.1. The molecule has 1 aromatic carbocycles. The van der Waals surface area contributed by atoms with Crippen LogP contribution in [0.1, 0.15) is 18.4 Å². The van der Waals surface area contributed by atoms with Gasteiger partial charge in [-0.3, -0.25) is 4.98 Å². The molecule has 0 saturated carbocycles. The zero-order chi connectivity index (χ0) is 15.6. The van der Waals surface area contributed by atoms with E-state index in [1.54, 1.807) is 18.3 Å². The number of hydrogen-bond acceptors (Lipinski definition) is 3. The highest BCUT2D eigenvalue weighted by Crippen LogP contribution is 2.33. The molecule has 0 radical (unpaired) electrons. The average molecular weight is 308 g/mol. The van der Waals surface area contributed by atoms with Gasteiger partial charge in [-0.1, -0.05) is 0 Å². The van der Waals surface area contributed by atoms with Crippen molar-refractivity contribution in [3.8, 4) is 16.9 Å². The standard InChI is InChI=1S/C18H17FN4/c19-14-6-8-15(9-7-14)23-18-16(5-1-2-11-21-18)17(22-23)13-4-3-10-20-12-13/h3-4,6-10,12,21H,1-2,5,11H2. The highest BCUT2D eigenvalue weighted by Gasteiger charge is 2.21. The molecular weight excluding hydrogens is 291 g/mol. The smallest absolute Gasteiger partial charge is 0.133 e. The second-order valence-electron chi connectivity index (χ2n) is 5.69. The van der Waals surface area contributed by atoms with Crippen LogP contribution in [0.2, 0.25) is 0 Å². The van der Waals surface area contributed by atoms with E-state index in [2.05, 4.69) is 10.3 Å². The Balaban J connectivity index is 1.89. The molecule has 2 aromatic heterocycles. The van der Waals surface area contributed by atoms with Crippen LogP contribution in [0.4, 0.5) is 10.2 Å². The van der Waals surface area contributed by atoms with Crippen molar-refractivity contribution >= 4 is 5.82 Å². The summed E-state index contributed by atoms with van der Waals surface area (Å²) in [5.74, 6) is 0.764. The lowest BCUT2D eigenvalue weighted by Gasteiger charge is -2.09. The van der Waals surface area contributed by atoms with Gasteiger partial charge in [0.05, 0.1) is 11.4 Å². The Morgan fingerprint density at radius 3 is 2.74 bits per heavy atom. The van der Waals surface area contributed by atoms with Gasteiger partial charge in [0.2, 0.25) is 0 Å². The van der Waals surface area contributed by atoms with Gasteiger partial charge in [-0.15, -0.1) is 0 Å². The quantitative estimate of drug-likeness (QED) is 0.782. The Hall–Kier alpha value is -2.69. The van der Waals surface area contributed by atoms with Crippen LogP contribution in [0.25, 0.3) is 16.9 Å². The zero-order valence-corrected chi connectivity index (χ0v) is 12.7. The number of nitrogens with one attached hydrogen (secondary N) is 1. The molecule has 0 unspecified atom stereocenters. The van der Waals surface area contributed by atoms with Crippen LogP contribution in [0.5, 0.6) is 0 Å². The molecule has 0 spiro atoms. The van der Waals surface area contributed by atoms with Gasteiger partial charge in [0.15, 0.2) is 0 Å². The van der Waals surface area contributed by atoms with E-state index in [9.17, 15) is 4.39 Å². The molecule has 5 heteroatoms. The molecule has 3 heterocycles. The normalized spacial score (nSPS) is 14.0. The van der Waals surface area contributed by atoms with Crippen molar-refractivity contribution in [2.24, 2.45) is 0 Å². The minimum atomic E-state index is -0.243. The second-order valence-corrected chi connectivity index (χ2v) is 5.69. The van der Waals surface area contributed by atoms with E-state index in [1.807, 2.05) is 23.0 Å². The lowest BCUT2D eigenvalue weighted by molar-refractivity contribution is 0.627. The number of fused-ring (bicyclic) bond motifs is 1. The van der Waals surface area contributed by atoms with Crippen LogP contribution in [0, 0.1) is 5.82 Å². The Bertz CT molecular complexity index is 809. The van der Waals surface area contributed by atoms with Crippen molar-refractivity contribution in [1.82, 2.24) is 14.8 Å². The summed E-state index contributed by atoms with van der Waals surface area (Å²) in [6, 6.07) is 10.4. The first-order valence-corrected chi connectivity index (χ1v) is 7.85. The molecule has 0 atom stereocenters. The summed E-state index contributed by atoms with van der Waals surface area (Å²) in [4.78, 5) is 4.21. The molecule has 3 aromatic rings. The van der Waals surface area contributed by atoms with Crippen LogP contribution >= 0.6 is 0 Å². The number of rotatable bonds is 2. The van der Waals surface area contributed by atoms with Crippen molar-refractivity contribution < 1.29 is 4.39 Å². The molecule has 0 bridgehead atoms. The summed E-state index contributed by atoms with van der Waals surface area (Å²) >= 11 is 0. The summed E-state index contributed by atoms with van der Waals surface area (Å²) in [6.45, 7) is 0.923. The lowest BCUT2D eigenvalue weighted by atomic mass is 10.1. The molecular formula is C18H17FN4.